The number of ether oxygens (including phenoxy) is 1. The van der Waals surface area contributed by atoms with E-state index in [1.54, 1.807) is 0 Å². The number of nitrogens with zero attached hydrogens (tertiary/aromatic N) is 1. The summed E-state index contributed by atoms with van der Waals surface area (Å²) in [6.07, 6.45) is 0.238. The van der Waals surface area contributed by atoms with Crippen LogP contribution >= 0.6 is 0 Å². The third-order valence-corrected chi connectivity index (χ3v) is 2.47. The van der Waals surface area contributed by atoms with E-state index >= 15 is 0 Å². The Balaban J connectivity index is 2.55. The monoisotopic (exact) mass is 216 g/mol. The van der Waals surface area contributed by atoms with Gasteiger partial charge < -0.3 is 20.5 Å². The van der Waals surface area contributed by atoms with Gasteiger partial charge in [0.2, 0.25) is 0 Å². The number of methoxy groups -OCH3 is 1. The van der Waals surface area contributed by atoms with E-state index in [0.29, 0.717) is 19.5 Å². The predicted molar refractivity (Wildman–Crippen MR) is 52.3 cm³/mol. The van der Waals surface area contributed by atoms with E-state index in [-0.39, 0.29) is 18.4 Å². The molecule has 2 unspecified atom stereocenters. The lowest BCUT2D eigenvalue weighted by atomic mass is 9.92. The summed E-state index contributed by atoms with van der Waals surface area (Å²) >= 11 is 0. The van der Waals surface area contributed by atoms with Crippen LogP contribution in [0.15, 0.2) is 0 Å². The second-order valence-corrected chi connectivity index (χ2v) is 3.83. The Labute approximate surface area is 88.0 Å². The number of hydrogen-bond donors (Lipinski definition) is 2. The fraction of sp³-hybridized carbons (Fsp3) is 0.778. The van der Waals surface area contributed by atoms with Crippen LogP contribution in [0.5, 0.6) is 0 Å². The van der Waals surface area contributed by atoms with Crippen LogP contribution < -0.4 is 5.73 Å². The van der Waals surface area contributed by atoms with Crippen molar-refractivity contribution in [3.8, 4) is 0 Å². The molecule has 6 heteroatoms. The van der Waals surface area contributed by atoms with Crippen molar-refractivity contribution in [2.24, 2.45) is 11.7 Å². The highest BCUT2D eigenvalue weighted by Crippen LogP contribution is 2.19. The van der Waals surface area contributed by atoms with E-state index in [4.69, 9.17) is 10.8 Å². The number of carbonyl (C=O) groups excluding carboxylic acids is 1. The maximum Gasteiger partial charge on any atom is 0.409 e. The SMILES string of the molecule is COC(=O)N1CC(N)CC(CC(=O)O)C1. The van der Waals surface area contributed by atoms with Gasteiger partial charge in [0, 0.05) is 25.6 Å². The highest BCUT2D eigenvalue weighted by atomic mass is 16.5. The Morgan fingerprint density at radius 3 is 2.73 bits per heavy atom. The first-order valence-electron chi connectivity index (χ1n) is 4.83. The Morgan fingerprint density at radius 2 is 2.20 bits per heavy atom. The molecule has 0 radical (unpaired) electrons. The van der Waals surface area contributed by atoms with Crippen LogP contribution in [0.1, 0.15) is 12.8 Å². The zero-order valence-electron chi connectivity index (χ0n) is 8.68. The summed E-state index contributed by atoms with van der Waals surface area (Å²) in [6, 6.07) is -0.165. The molecule has 1 aliphatic heterocycles. The van der Waals surface area contributed by atoms with Crippen molar-refractivity contribution in [1.29, 1.82) is 0 Å². The fourth-order valence-corrected chi connectivity index (χ4v) is 1.92. The summed E-state index contributed by atoms with van der Waals surface area (Å²) in [5, 5.41) is 8.66. The smallest absolute Gasteiger partial charge is 0.409 e. The number of likely N-dealkylation sites (tertiary alicyclic amines) is 1. The first-order chi connectivity index (χ1) is 7.02. The van der Waals surface area contributed by atoms with Gasteiger partial charge in [0.25, 0.3) is 0 Å². The van der Waals surface area contributed by atoms with Gasteiger partial charge in [-0.1, -0.05) is 0 Å². The molecule has 2 atom stereocenters. The molecule has 0 aromatic carbocycles. The van der Waals surface area contributed by atoms with Gasteiger partial charge in [-0.3, -0.25) is 4.79 Å². The number of carboxylic acid groups (broad SMARTS) is 1. The van der Waals surface area contributed by atoms with E-state index in [2.05, 4.69) is 4.74 Å². The fourth-order valence-electron chi connectivity index (χ4n) is 1.92. The Bertz CT molecular complexity index is 256. The summed E-state index contributed by atoms with van der Waals surface area (Å²) in [5.41, 5.74) is 5.74. The minimum absolute atomic E-state index is 0.0429. The molecule has 0 bridgehead atoms. The Hall–Kier alpha value is -1.30. The second-order valence-electron chi connectivity index (χ2n) is 3.83. The van der Waals surface area contributed by atoms with E-state index in [0.717, 1.165) is 0 Å². The van der Waals surface area contributed by atoms with Gasteiger partial charge >= 0.3 is 12.1 Å². The Morgan fingerprint density at radius 1 is 1.53 bits per heavy atom. The van der Waals surface area contributed by atoms with E-state index in [1.807, 2.05) is 0 Å². The summed E-state index contributed by atoms with van der Waals surface area (Å²) in [4.78, 5) is 23.2. The standard InChI is InChI=1S/C9H16N2O4/c1-15-9(14)11-4-6(3-8(12)13)2-7(10)5-11/h6-7H,2-5,10H2,1H3,(H,12,13). The van der Waals surface area contributed by atoms with Crippen molar-refractivity contribution in [2.45, 2.75) is 18.9 Å². The number of rotatable bonds is 2. The highest BCUT2D eigenvalue weighted by Gasteiger charge is 2.29. The first-order valence-corrected chi connectivity index (χ1v) is 4.83. The summed E-state index contributed by atoms with van der Waals surface area (Å²) in [5.74, 6) is -0.940. The van der Waals surface area contributed by atoms with Crippen LogP contribution in [0.3, 0.4) is 0 Å². The van der Waals surface area contributed by atoms with Crippen molar-refractivity contribution < 1.29 is 19.4 Å². The lowest BCUT2D eigenvalue weighted by molar-refractivity contribution is -0.138. The summed E-state index contributed by atoms with van der Waals surface area (Å²) in [7, 11) is 1.30. The highest BCUT2D eigenvalue weighted by molar-refractivity contribution is 5.69. The Kier molecular flexibility index (Phi) is 3.90. The summed E-state index contributed by atoms with van der Waals surface area (Å²) < 4.78 is 4.58. The van der Waals surface area contributed by atoms with E-state index in [1.165, 1.54) is 12.0 Å². The maximum atomic E-state index is 11.2. The second kappa shape index (κ2) is 4.97. The average Bonchev–Trinajstić information content (AvgIpc) is 2.14. The van der Waals surface area contributed by atoms with Crippen LogP contribution in [0.4, 0.5) is 4.79 Å². The molecule has 0 saturated carbocycles. The topological polar surface area (TPSA) is 92.9 Å². The summed E-state index contributed by atoms with van der Waals surface area (Å²) in [6.45, 7) is 0.843. The van der Waals surface area contributed by atoms with Gasteiger partial charge in [0.1, 0.15) is 0 Å². The molecule has 1 saturated heterocycles. The molecular formula is C9H16N2O4. The largest absolute Gasteiger partial charge is 0.481 e. The molecule has 0 spiro atoms. The number of amides is 1. The van der Waals surface area contributed by atoms with Gasteiger partial charge in [-0.05, 0) is 12.3 Å². The zero-order chi connectivity index (χ0) is 11.4. The molecule has 15 heavy (non-hydrogen) atoms. The van der Waals surface area contributed by atoms with E-state index in [9.17, 15) is 9.59 Å². The average molecular weight is 216 g/mol. The molecule has 0 aromatic heterocycles. The van der Waals surface area contributed by atoms with Crippen LogP contribution in [0, 0.1) is 5.92 Å². The quantitative estimate of drug-likeness (QED) is 0.671. The van der Waals surface area contributed by atoms with Crippen molar-refractivity contribution in [3.63, 3.8) is 0 Å². The molecule has 0 aromatic rings. The maximum absolute atomic E-state index is 11.2. The van der Waals surface area contributed by atoms with Crippen LogP contribution in [0.25, 0.3) is 0 Å². The number of carbonyl (C=O) groups is 2. The van der Waals surface area contributed by atoms with Gasteiger partial charge in [0.05, 0.1) is 7.11 Å². The third-order valence-electron chi connectivity index (χ3n) is 2.47. The van der Waals surface area contributed by atoms with Crippen molar-refractivity contribution in [2.75, 3.05) is 20.2 Å². The van der Waals surface area contributed by atoms with Crippen LogP contribution in [-0.4, -0.2) is 48.3 Å². The van der Waals surface area contributed by atoms with E-state index < -0.39 is 12.1 Å². The number of carboxylic acids is 1. The molecule has 0 aliphatic carbocycles. The first kappa shape index (κ1) is 11.8. The molecule has 3 N–H and O–H groups in total. The minimum atomic E-state index is -0.862. The molecule has 1 heterocycles. The zero-order valence-corrected chi connectivity index (χ0v) is 8.68. The van der Waals surface area contributed by atoms with Gasteiger partial charge in [-0.15, -0.1) is 0 Å². The van der Waals surface area contributed by atoms with Crippen molar-refractivity contribution in [1.82, 2.24) is 4.90 Å². The minimum Gasteiger partial charge on any atom is -0.481 e. The third kappa shape index (κ3) is 3.39. The van der Waals surface area contributed by atoms with Crippen molar-refractivity contribution in [3.05, 3.63) is 0 Å². The number of nitrogens with two attached hydrogens (primary N) is 1. The van der Waals surface area contributed by atoms with Crippen LogP contribution in [0.2, 0.25) is 0 Å². The predicted octanol–water partition coefficient (Wildman–Crippen LogP) is -0.123. The molecular weight excluding hydrogens is 200 g/mol. The van der Waals surface area contributed by atoms with Gasteiger partial charge in [0.15, 0.2) is 0 Å². The van der Waals surface area contributed by atoms with Crippen molar-refractivity contribution >= 4 is 12.1 Å². The lowest BCUT2D eigenvalue weighted by Crippen LogP contribution is -2.49. The number of aliphatic carboxylic acids is 1. The van der Waals surface area contributed by atoms with Crippen LogP contribution in [-0.2, 0) is 9.53 Å². The lowest BCUT2D eigenvalue weighted by Gasteiger charge is -2.34. The molecule has 6 nitrogen and oxygen atoms in total. The molecule has 1 fully saturated rings. The number of piperidine rings is 1. The van der Waals surface area contributed by atoms with Gasteiger partial charge in [-0.2, -0.15) is 0 Å². The molecule has 1 amide bonds. The van der Waals surface area contributed by atoms with Gasteiger partial charge in [-0.25, -0.2) is 4.79 Å². The normalized spacial score (nSPS) is 26.1. The molecule has 86 valence electrons. The molecule has 1 rings (SSSR count). The number of hydrogen-bond acceptors (Lipinski definition) is 4. The molecule has 1 aliphatic rings.